The Kier molecular flexibility index (Phi) is 5.20. The van der Waals surface area contributed by atoms with Gasteiger partial charge in [-0.1, -0.05) is 24.8 Å². The van der Waals surface area contributed by atoms with Crippen LogP contribution in [0, 0.1) is 0 Å². The molecule has 0 aromatic heterocycles. The molecule has 16 heavy (non-hydrogen) atoms. The Balaban J connectivity index is 2.45. The zero-order valence-corrected chi connectivity index (χ0v) is 9.90. The fourth-order valence-electron chi connectivity index (χ4n) is 1.34. The van der Waals surface area contributed by atoms with Crippen molar-refractivity contribution in [2.75, 3.05) is 13.7 Å². The van der Waals surface area contributed by atoms with Gasteiger partial charge in [0.2, 0.25) is 0 Å². The van der Waals surface area contributed by atoms with E-state index in [1.165, 1.54) is 5.57 Å². The topological polar surface area (TPSA) is 18.5 Å². The summed E-state index contributed by atoms with van der Waals surface area (Å²) in [7, 11) is 1.65. The van der Waals surface area contributed by atoms with Crippen molar-refractivity contribution in [2.24, 2.45) is 0 Å². The molecule has 0 atom stereocenters. The Labute approximate surface area is 97.2 Å². The number of rotatable bonds is 6. The van der Waals surface area contributed by atoms with Gasteiger partial charge in [-0.3, -0.25) is 0 Å². The highest BCUT2D eigenvalue weighted by atomic mass is 16.5. The van der Waals surface area contributed by atoms with Crippen LogP contribution < -0.4 is 9.47 Å². The molecule has 0 radical (unpaired) electrons. The average molecular weight is 218 g/mol. The van der Waals surface area contributed by atoms with E-state index in [2.05, 4.69) is 6.58 Å². The van der Waals surface area contributed by atoms with Gasteiger partial charge in [0.1, 0.15) is 11.5 Å². The van der Waals surface area contributed by atoms with Gasteiger partial charge < -0.3 is 9.47 Å². The lowest BCUT2D eigenvalue weighted by atomic mass is 10.2. The third kappa shape index (κ3) is 3.81. The van der Waals surface area contributed by atoms with E-state index in [9.17, 15) is 0 Å². The molecular weight excluding hydrogens is 200 g/mol. The lowest BCUT2D eigenvalue weighted by Gasteiger charge is -2.07. The van der Waals surface area contributed by atoms with Crippen LogP contribution in [0.5, 0.6) is 11.5 Å². The minimum absolute atomic E-state index is 0.652. The van der Waals surface area contributed by atoms with Crippen molar-refractivity contribution in [3.63, 3.8) is 0 Å². The molecule has 0 bridgehead atoms. The Morgan fingerprint density at radius 3 is 2.75 bits per heavy atom. The maximum absolute atomic E-state index is 5.61. The van der Waals surface area contributed by atoms with Crippen molar-refractivity contribution >= 4 is 0 Å². The van der Waals surface area contributed by atoms with Gasteiger partial charge in [-0.25, -0.2) is 0 Å². The molecule has 1 rings (SSSR count). The fourth-order valence-corrected chi connectivity index (χ4v) is 1.34. The van der Waals surface area contributed by atoms with Gasteiger partial charge in [0, 0.05) is 12.5 Å². The number of hydrogen-bond acceptors (Lipinski definition) is 2. The SMILES string of the molecule is C=C/C(=C\C)CCOc1cccc(OC)c1. The summed E-state index contributed by atoms with van der Waals surface area (Å²) in [5, 5.41) is 0. The summed E-state index contributed by atoms with van der Waals surface area (Å²) < 4.78 is 10.7. The van der Waals surface area contributed by atoms with E-state index in [-0.39, 0.29) is 0 Å². The summed E-state index contributed by atoms with van der Waals surface area (Å²) in [4.78, 5) is 0. The molecule has 0 saturated carbocycles. The second-order valence-corrected chi connectivity index (χ2v) is 3.35. The lowest BCUT2D eigenvalue weighted by molar-refractivity contribution is 0.319. The molecule has 0 unspecified atom stereocenters. The van der Waals surface area contributed by atoms with Crippen LogP contribution in [-0.4, -0.2) is 13.7 Å². The third-order valence-corrected chi connectivity index (χ3v) is 2.33. The van der Waals surface area contributed by atoms with Crippen LogP contribution in [0.2, 0.25) is 0 Å². The van der Waals surface area contributed by atoms with Gasteiger partial charge in [0.15, 0.2) is 0 Å². The normalized spacial score (nSPS) is 11.0. The van der Waals surface area contributed by atoms with Crippen molar-refractivity contribution in [2.45, 2.75) is 13.3 Å². The minimum atomic E-state index is 0.652. The summed E-state index contributed by atoms with van der Waals surface area (Å²) in [5.74, 6) is 1.64. The second-order valence-electron chi connectivity index (χ2n) is 3.35. The first-order valence-electron chi connectivity index (χ1n) is 5.34. The van der Waals surface area contributed by atoms with Crippen LogP contribution in [0.1, 0.15) is 13.3 Å². The highest BCUT2D eigenvalue weighted by molar-refractivity contribution is 5.32. The molecule has 0 fully saturated rings. The summed E-state index contributed by atoms with van der Waals surface area (Å²) >= 11 is 0. The molecule has 0 aliphatic rings. The number of hydrogen-bond donors (Lipinski definition) is 0. The Hall–Kier alpha value is -1.70. The summed E-state index contributed by atoms with van der Waals surface area (Å²) in [6.45, 7) is 6.40. The van der Waals surface area contributed by atoms with Gasteiger partial charge in [-0.2, -0.15) is 0 Å². The molecule has 0 spiro atoms. The maximum atomic E-state index is 5.61. The highest BCUT2D eigenvalue weighted by Gasteiger charge is 1.97. The zero-order valence-electron chi connectivity index (χ0n) is 9.90. The van der Waals surface area contributed by atoms with Gasteiger partial charge >= 0.3 is 0 Å². The van der Waals surface area contributed by atoms with Crippen LogP contribution in [-0.2, 0) is 0 Å². The Morgan fingerprint density at radius 2 is 2.12 bits per heavy atom. The van der Waals surface area contributed by atoms with Crippen molar-refractivity contribution in [1.82, 2.24) is 0 Å². The monoisotopic (exact) mass is 218 g/mol. The van der Waals surface area contributed by atoms with Crippen LogP contribution in [0.4, 0.5) is 0 Å². The van der Waals surface area contributed by atoms with Crippen LogP contribution in [0.3, 0.4) is 0 Å². The molecule has 1 aromatic carbocycles. The molecule has 0 N–H and O–H groups in total. The molecule has 0 heterocycles. The van der Waals surface area contributed by atoms with E-state index in [0.29, 0.717) is 6.61 Å². The maximum Gasteiger partial charge on any atom is 0.122 e. The zero-order chi connectivity index (χ0) is 11.8. The molecule has 0 saturated heterocycles. The molecule has 0 aliphatic carbocycles. The fraction of sp³-hybridized carbons (Fsp3) is 0.286. The quantitative estimate of drug-likeness (QED) is 0.679. The molecule has 2 nitrogen and oxygen atoms in total. The van der Waals surface area contributed by atoms with E-state index >= 15 is 0 Å². The highest BCUT2D eigenvalue weighted by Crippen LogP contribution is 2.19. The van der Waals surface area contributed by atoms with E-state index < -0.39 is 0 Å². The Morgan fingerprint density at radius 1 is 1.38 bits per heavy atom. The predicted molar refractivity (Wildman–Crippen MR) is 67.1 cm³/mol. The first-order valence-corrected chi connectivity index (χ1v) is 5.34. The summed E-state index contributed by atoms with van der Waals surface area (Å²) in [5.41, 5.74) is 1.20. The van der Waals surface area contributed by atoms with Crippen molar-refractivity contribution < 1.29 is 9.47 Å². The first kappa shape index (κ1) is 12.4. The molecule has 0 amide bonds. The van der Waals surface area contributed by atoms with Crippen LogP contribution in [0.15, 0.2) is 48.6 Å². The van der Waals surface area contributed by atoms with E-state index in [4.69, 9.17) is 9.47 Å². The molecule has 0 aliphatic heterocycles. The summed E-state index contributed by atoms with van der Waals surface area (Å²) in [6.07, 6.45) is 4.77. The third-order valence-electron chi connectivity index (χ3n) is 2.33. The van der Waals surface area contributed by atoms with Gasteiger partial charge in [-0.15, -0.1) is 0 Å². The largest absolute Gasteiger partial charge is 0.497 e. The smallest absolute Gasteiger partial charge is 0.122 e. The van der Waals surface area contributed by atoms with Crippen LogP contribution in [0.25, 0.3) is 0 Å². The molecule has 86 valence electrons. The number of benzene rings is 1. The minimum Gasteiger partial charge on any atom is -0.497 e. The second kappa shape index (κ2) is 6.72. The van der Waals surface area contributed by atoms with Crippen molar-refractivity contribution in [1.29, 1.82) is 0 Å². The van der Waals surface area contributed by atoms with Crippen LogP contribution >= 0.6 is 0 Å². The van der Waals surface area contributed by atoms with Gasteiger partial charge in [0.05, 0.1) is 13.7 Å². The van der Waals surface area contributed by atoms with Gasteiger partial charge in [0.25, 0.3) is 0 Å². The molecule has 1 aromatic rings. The Bertz CT molecular complexity index is 367. The summed E-state index contributed by atoms with van der Waals surface area (Å²) in [6, 6.07) is 7.61. The number of ether oxygens (including phenoxy) is 2. The van der Waals surface area contributed by atoms with Gasteiger partial charge in [-0.05, 0) is 24.6 Å². The van der Waals surface area contributed by atoms with E-state index in [1.54, 1.807) is 7.11 Å². The number of methoxy groups -OCH3 is 1. The average Bonchev–Trinajstić information content (AvgIpc) is 2.35. The van der Waals surface area contributed by atoms with Crippen molar-refractivity contribution in [3.05, 3.63) is 48.6 Å². The first-order chi connectivity index (χ1) is 7.80. The van der Waals surface area contributed by atoms with Crippen molar-refractivity contribution in [3.8, 4) is 11.5 Å². The van der Waals surface area contributed by atoms with E-state index in [1.807, 2.05) is 43.3 Å². The predicted octanol–water partition coefficient (Wildman–Crippen LogP) is 3.60. The molecule has 2 heteroatoms. The lowest BCUT2D eigenvalue weighted by Crippen LogP contribution is -1.98. The van der Waals surface area contributed by atoms with E-state index in [0.717, 1.165) is 17.9 Å². The standard InChI is InChI=1S/C14H18O2/c1-4-12(5-2)9-10-16-14-8-6-7-13(11-14)15-3/h4-8,11H,1,9-10H2,2-3H3/b12-5+. The molecular formula is C14H18O2. The number of allylic oxidation sites excluding steroid dienone is 2.